The van der Waals surface area contributed by atoms with Gasteiger partial charge in [0.2, 0.25) is 6.29 Å². The van der Waals surface area contributed by atoms with E-state index in [1.165, 1.54) is 0 Å². The lowest BCUT2D eigenvalue weighted by Gasteiger charge is -2.50. The molecule has 0 aromatic heterocycles. The molecule has 8 heterocycles. The normalized spacial score (nSPS) is 40.5. The standard InChI is InChI=1S/C73H117N5O56/c79-11-24(1-6-37(89)90)74-130-62-31(18-86)118-66(50(107)46(62)103)115-21-34-60(128-69-53(110)43(100)59(30(17-85)121-69)127-72-56(113)49(106)65(133-77-27(14-82)4-9-40(95)96)36(124-72)23-117-68-52(109)48(105)64(33(20-88)120-68)132-76-26(13-81)3-8-39(93)94)44(101)55(112)71(123-34)126-58-29(16-84)122-70(54(111)42(58)99)129-61-35(125-73(57(114)45(61)102)134-78-28(15-83)5-10-41(97)98)22-116-67-51(108)47(104)63(32(19-87)119-67)131-75-25(12-80)2-7-38(91)92/h11-15,24-36,42-78,84-88,99-114H,1-10,16-23H2,(H,89,90)(H,91,92)(H,93,94)(H,95,96)(H,97,98)/t24-,25-,26-,27-,28-,29?,30?,31?,32?,33?,34?,35?,36?,42?,43?,44?,45?,46?,47?,48?,49?,50?,51?,52?,53?,54?,55?,56?,57?,58?,59?,60?,61?,62?,63?,64?,65?,66?,67?,68?,69?,70?,71?,72?,73?/m0/s1. The maximum absolute atomic E-state index is 12.2. The van der Waals surface area contributed by atoms with E-state index in [2.05, 4.69) is 27.4 Å². The molecule has 0 spiro atoms. The van der Waals surface area contributed by atoms with Crippen LogP contribution in [0.5, 0.6) is 0 Å². The van der Waals surface area contributed by atoms with Crippen molar-refractivity contribution < 1.29 is 276 Å². The van der Waals surface area contributed by atoms with Crippen molar-refractivity contribution >= 4 is 61.3 Å². The lowest BCUT2D eigenvalue weighted by Crippen LogP contribution is -2.68. The average molecular weight is 1960 g/mol. The third kappa shape index (κ3) is 30.2. The van der Waals surface area contributed by atoms with E-state index in [0.717, 1.165) is 0 Å². The molecule has 45 atom stereocenters. The zero-order valence-electron chi connectivity index (χ0n) is 70.5. The molecule has 8 aliphatic heterocycles. The maximum atomic E-state index is 12.2. The summed E-state index contributed by atoms with van der Waals surface area (Å²) in [6.45, 7) is -8.98. The molecule has 0 aliphatic carbocycles. The number of aliphatic hydroxyl groups excluding tert-OH is 21. The molecule has 8 aliphatic rings. The Balaban J connectivity index is 1.03. The second-order valence-electron chi connectivity index (χ2n) is 31.9. The Morgan fingerprint density at radius 3 is 0.619 bits per heavy atom. The molecule has 61 heteroatoms. The number of aliphatic carboxylic acids is 5. The van der Waals surface area contributed by atoms with Crippen molar-refractivity contribution in [3.05, 3.63) is 0 Å². The van der Waals surface area contributed by atoms with Crippen LogP contribution in [0, 0.1) is 0 Å². The molecule has 40 unspecified atom stereocenters. The lowest BCUT2D eigenvalue weighted by atomic mass is 9.95. The average Bonchev–Trinajstić information content (AvgIpc) is 0.765. The quantitative estimate of drug-likeness (QED) is 0.0199. The van der Waals surface area contributed by atoms with Crippen molar-refractivity contribution in [1.82, 2.24) is 27.4 Å². The number of aliphatic hydroxyl groups is 21. The summed E-state index contributed by atoms with van der Waals surface area (Å²) in [5.41, 5.74) is 11.0. The van der Waals surface area contributed by atoms with Crippen molar-refractivity contribution in [3.8, 4) is 0 Å². The van der Waals surface area contributed by atoms with E-state index in [4.69, 9.17) is 111 Å². The molecule has 0 radical (unpaired) electrons. The number of carboxylic acids is 5. The molecule has 0 saturated carbocycles. The van der Waals surface area contributed by atoms with Crippen molar-refractivity contribution in [2.75, 3.05) is 52.9 Å². The largest absolute Gasteiger partial charge is 0.481 e. The van der Waals surface area contributed by atoms with Crippen LogP contribution in [0.2, 0.25) is 0 Å². The molecule has 0 amide bonds. The predicted molar refractivity (Wildman–Crippen MR) is 408 cm³/mol. The van der Waals surface area contributed by atoms with Gasteiger partial charge in [-0.2, -0.15) is 27.4 Å². The van der Waals surface area contributed by atoms with Crippen LogP contribution in [0.1, 0.15) is 64.2 Å². The number of aldehydes is 5. The number of ether oxygens (including phenoxy) is 15. The van der Waals surface area contributed by atoms with Crippen LogP contribution in [-0.2, 0) is 143 Å². The monoisotopic (exact) mass is 1960 g/mol. The number of nitrogens with one attached hydrogen (secondary N) is 5. The van der Waals surface area contributed by atoms with Gasteiger partial charge in [-0.25, -0.2) is 0 Å². The van der Waals surface area contributed by atoms with E-state index in [-0.39, 0.29) is 50.7 Å². The van der Waals surface area contributed by atoms with Gasteiger partial charge in [0.05, 0.1) is 83.1 Å². The number of hydroxylamine groups is 5. The Hall–Kier alpha value is -6.14. The molecule has 8 rings (SSSR count). The first-order valence-corrected chi connectivity index (χ1v) is 41.8. The van der Waals surface area contributed by atoms with E-state index in [0.29, 0.717) is 0 Å². The Bertz CT molecular complexity index is 3600. The van der Waals surface area contributed by atoms with Gasteiger partial charge in [-0.3, -0.25) is 48.2 Å². The summed E-state index contributed by atoms with van der Waals surface area (Å²) < 4.78 is 87.8. The fourth-order valence-electron chi connectivity index (χ4n) is 14.8. The fourth-order valence-corrected chi connectivity index (χ4v) is 14.8. The fraction of sp³-hybridized carbons (Fsp3) is 0.863. The molecule has 134 heavy (non-hydrogen) atoms. The minimum atomic E-state index is -2.58. The SMILES string of the molecule is O=C[C@H](CCC(=O)O)NOC1OC(COC2OC(CO)C(ON[C@H](C=O)CCC(=O)O)C(O)C2O)C(OC2OC(CO)C(OC3OC(COC4OC(CO)C(ON[C@H](C=O)CCC(=O)O)C(O)C4O)C(OC4OC(CO)C(OC5OC(COC6OC(CO)C(ON[C@H](C=O)CCC(=O)O)C(O)C6O)C(ON[C@H](C=O)CCC(=O)O)C(O)C5O)C(O)C4O)C(O)C3O)C(O)C2O)C(O)C1O. The van der Waals surface area contributed by atoms with Crippen molar-refractivity contribution in [3.63, 3.8) is 0 Å². The van der Waals surface area contributed by atoms with Gasteiger partial charge in [0.25, 0.3) is 0 Å². The number of carbonyl (C=O) groups is 10. The first-order chi connectivity index (χ1) is 63.7. The molecule has 0 aromatic carbocycles. The Morgan fingerprint density at radius 1 is 0.231 bits per heavy atom. The van der Waals surface area contributed by atoms with Gasteiger partial charge in [-0.15, -0.1) is 0 Å². The first kappa shape index (κ1) is 113. The van der Waals surface area contributed by atoms with Crippen LogP contribution in [-0.4, -0.2) is 523 Å². The summed E-state index contributed by atoms with van der Waals surface area (Å²) >= 11 is 0. The predicted octanol–water partition coefficient (Wildman–Crippen LogP) is -18.6. The van der Waals surface area contributed by atoms with Crippen molar-refractivity contribution in [1.29, 1.82) is 0 Å². The lowest BCUT2D eigenvalue weighted by molar-refractivity contribution is -0.399. The van der Waals surface area contributed by atoms with E-state index >= 15 is 0 Å². The highest BCUT2D eigenvalue weighted by Crippen LogP contribution is 2.39. The van der Waals surface area contributed by atoms with E-state index < -0.39 is 404 Å². The highest BCUT2D eigenvalue weighted by Gasteiger charge is 2.60. The molecule has 0 aromatic rings. The zero-order chi connectivity index (χ0) is 98.8. The maximum Gasteiger partial charge on any atom is 0.303 e. The van der Waals surface area contributed by atoms with Gasteiger partial charge in [-0.05, 0) is 32.1 Å². The molecular formula is C73H117N5O56. The van der Waals surface area contributed by atoms with Gasteiger partial charge < -0.3 is 228 Å². The van der Waals surface area contributed by atoms with Gasteiger partial charge in [0.1, 0.15) is 227 Å². The van der Waals surface area contributed by atoms with E-state index in [1.807, 2.05) is 0 Å². The van der Waals surface area contributed by atoms with E-state index in [9.17, 15) is 165 Å². The number of carboxylic acid groups (broad SMARTS) is 5. The van der Waals surface area contributed by atoms with Crippen LogP contribution >= 0.6 is 0 Å². The topological polar surface area (TPSA) is 941 Å². The molecule has 8 saturated heterocycles. The minimum absolute atomic E-state index is 0.199. The van der Waals surface area contributed by atoms with Gasteiger partial charge in [0.15, 0.2) is 44.0 Å². The van der Waals surface area contributed by atoms with Crippen LogP contribution in [0.25, 0.3) is 0 Å². The van der Waals surface area contributed by atoms with Gasteiger partial charge in [0, 0.05) is 32.1 Å². The summed E-state index contributed by atoms with van der Waals surface area (Å²) in [4.78, 5) is 142. The molecular weight excluding hydrogens is 1840 g/mol. The first-order valence-electron chi connectivity index (χ1n) is 41.8. The summed E-state index contributed by atoms with van der Waals surface area (Å²) in [7, 11) is 0. The Labute approximate surface area is 755 Å². The molecule has 61 nitrogen and oxygen atoms in total. The van der Waals surface area contributed by atoms with Gasteiger partial charge >= 0.3 is 29.8 Å². The molecule has 31 N–H and O–H groups in total. The second-order valence-corrected chi connectivity index (χ2v) is 31.9. The number of rotatable bonds is 57. The number of hydrogen-bond donors (Lipinski definition) is 31. The summed E-state index contributed by atoms with van der Waals surface area (Å²) in [5, 5.41) is 285. The third-order valence-corrected chi connectivity index (χ3v) is 22.4. The van der Waals surface area contributed by atoms with Gasteiger partial charge in [-0.1, -0.05) is 0 Å². The second kappa shape index (κ2) is 54.6. The van der Waals surface area contributed by atoms with Crippen LogP contribution < -0.4 is 27.4 Å². The highest BCUT2D eigenvalue weighted by molar-refractivity contribution is 5.70. The Morgan fingerprint density at radius 2 is 0.396 bits per heavy atom. The summed E-state index contributed by atoms with van der Waals surface area (Å²) in [6, 6.07) is -6.86. The van der Waals surface area contributed by atoms with Crippen LogP contribution in [0.15, 0.2) is 0 Å². The van der Waals surface area contributed by atoms with Crippen molar-refractivity contribution in [2.45, 2.75) is 340 Å². The zero-order valence-corrected chi connectivity index (χ0v) is 70.5. The summed E-state index contributed by atoms with van der Waals surface area (Å²) in [5.74, 6) is -6.64. The van der Waals surface area contributed by atoms with E-state index in [1.54, 1.807) is 0 Å². The third-order valence-electron chi connectivity index (χ3n) is 22.4. The number of hydrogen-bond acceptors (Lipinski definition) is 56. The summed E-state index contributed by atoms with van der Waals surface area (Å²) in [6.07, 6.45) is -90.3. The molecule has 0 bridgehead atoms. The van der Waals surface area contributed by atoms with Crippen molar-refractivity contribution in [2.24, 2.45) is 0 Å². The molecule has 770 valence electrons. The number of carbonyl (C=O) groups excluding carboxylic acids is 5. The van der Waals surface area contributed by atoms with Crippen LogP contribution in [0.3, 0.4) is 0 Å². The Kier molecular flexibility index (Phi) is 46.1. The molecule has 8 fully saturated rings. The highest BCUT2D eigenvalue weighted by atomic mass is 16.8. The minimum Gasteiger partial charge on any atom is -0.481 e. The smallest absolute Gasteiger partial charge is 0.303 e. The van der Waals surface area contributed by atoms with Crippen LogP contribution in [0.4, 0.5) is 0 Å².